The first-order valence-electron chi connectivity index (χ1n) is 6.45. The molecule has 104 valence electrons. The summed E-state index contributed by atoms with van der Waals surface area (Å²) in [5.41, 5.74) is -0.250. The van der Waals surface area contributed by atoms with Gasteiger partial charge in [0, 0.05) is 12.7 Å². The summed E-state index contributed by atoms with van der Waals surface area (Å²) < 4.78 is 5.15. The number of aromatic nitrogens is 3. The molecule has 1 atom stereocenters. The molecule has 7 nitrogen and oxygen atoms in total. The van der Waals surface area contributed by atoms with Crippen molar-refractivity contribution in [3.8, 4) is 0 Å². The molecule has 2 aromatic rings. The molecule has 0 saturated carbocycles. The Kier molecular flexibility index (Phi) is 3.09. The van der Waals surface area contributed by atoms with Crippen molar-refractivity contribution in [3.63, 3.8) is 0 Å². The van der Waals surface area contributed by atoms with Crippen LogP contribution in [0.15, 0.2) is 27.6 Å². The number of likely N-dealkylation sites (tertiary alicyclic amines) is 1. The number of hydrogen-bond donors (Lipinski definition) is 1. The molecule has 0 bridgehead atoms. The Balaban J connectivity index is 1.91. The number of carbonyl (C=O) groups is 1. The Morgan fingerprint density at radius 1 is 1.55 bits per heavy atom. The number of amides is 1. The number of hydrogen-bond acceptors (Lipinski definition) is 5. The van der Waals surface area contributed by atoms with Crippen LogP contribution in [0, 0.1) is 6.92 Å². The first kappa shape index (κ1) is 12.6. The molecule has 1 N–H and O–H groups in total. The van der Waals surface area contributed by atoms with E-state index in [2.05, 4.69) is 15.1 Å². The highest BCUT2D eigenvalue weighted by molar-refractivity contribution is 5.94. The van der Waals surface area contributed by atoms with Crippen LogP contribution in [0.4, 0.5) is 0 Å². The topological polar surface area (TPSA) is 92.1 Å². The molecule has 1 aliphatic rings. The zero-order chi connectivity index (χ0) is 14.1. The number of nitrogens with one attached hydrogen (secondary N) is 1. The van der Waals surface area contributed by atoms with Gasteiger partial charge in [0.1, 0.15) is 11.6 Å². The van der Waals surface area contributed by atoms with E-state index in [1.165, 1.54) is 12.3 Å². The number of H-pyrrole nitrogens is 1. The minimum atomic E-state index is -0.384. The summed E-state index contributed by atoms with van der Waals surface area (Å²) in [5, 5.41) is 3.75. The summed E-state index contributed by atoms with van der Waals surface area (Å²) in [6.07, 6.45) is 3.11. The fourth-order valence-corrected chi connectivity index (χ4v) is 2.46. The number of carbonyl (C=O) groups excluding carboxylic acids is 1. The molecule has 3 rings (SSSR count). The largest absolute Gasteiger partial charge is 0.337 e. The normalized spacial score (nSPS) is 18.4. The molecule has 0 aliphatic carbocycles. The van der Waals surface area contributed by atoms with Crippen LogP contribution in [-0.2, 0) is 0 Å². The highest BCUT2D eigenvalue weighted by Crippen LogP contribution is 2.31. The van der Waals surface area contributed by atoms with Crippen molar-refractivity contribution in [1.82, 2.24) is 20.0 Å². The summed E-state index contributed by atoms with van der Waals surface area (Å²) in [4.78, 5) is 32.5. The number of aromatic amines is 1. The molecule has 20 heavy (non-hydrogen) atoms. The van der Waals surface area contributed by atoms with E-state index in [4.69, 9.17) is 4.52 Å². The summed E-state index contributed by atoms with van der Waals surface area (Å²) in [6.45, 7) is 2.31. The molecule has 7 heteroatoms. The highest BCUT2D eigenvalue weighted by atomic mass is 16.5. The van der Waals surface area contributed by atoms with Crippen LogP contribution in [0.5, 0.6) is 0 Å². The lowest BCUT2D eigenvalue weighted by Crippen LogP contribution is -2.34. The minimum absolute atomic E-state index is 0.135. The molecule has 2 aromatic heterocycles. The quantitative estimate of drug-likeness (QED) is 0.883. The van der Waals surface area contributed by atoms with Gasteiger partial charge in [-0.3, -0.25) is 9.59 Å². The van der Waals surface area contributed by atoms with E-state index in [-0.39, 0.29) is 23.1 Å². The van der Waals surface area contributed by atoms with Crippen LogP contribution in [0.25, 0.3) is 0 Å². The molecule has 1 amide bonds. The van der Waals surface area contributed by atoms with Crippen molar-refractivity contribution in [2.75, 3.05) is 6.54 Å². The van der Waals surface area contributed by atoms with Gasteiger partial charge in [0.2, 0.25) is 5.89 Å². The summed E-state index contributed by atoms with van der Waals surface area (Å²) in [6, 6.07) is 2.91. The SMILES string of the molecule is Cc1noc(C2CCCN2C(=O)c2ccc[nH]c2=O)n1. The molecule has 3 heterocycles. The lowest BCUT2D eigenvalue weighted by Gasteiger charge is -2.21. The number of pyridine rings is 1. The fraction of sp³-hybridized carbons (Fsp3) is 0.385. The van der Waals surface area contributed by atoms with Gasteiger partial charge in [-0.25, -0.2) is 0 Å². The van der Waals surface area contributed by atoms with Crippen molar-refractivity contribution in [2.45, 2.75) is 25.8 Å². The van der Waals surface area contributed by atoms with Gasteiger partial charge in [0.05, 0.1) is 0 Å². The van der Waals surface area contributed by atoms with E-state index in [0.29, 0.717) is 18.3 Å². The number of nitrogens with zero attached hydrogens (tertiary/aromatic N) is 3. The second-order valence-electron chi connectivity index (χ2n) is 4.75. The van der Waals surface area contributed by atoms with Gasteiger partial charge in [-0.2, -0.15) is 4.98 Å². The van der Waals surface area contributed by atoms with Crippen LogP contribution in [0.3, 0.4) is 0 Å². The van der Waals surface area contributed by atoms with Gasteiger partial charge >= 0.3 is 0 Å². The predicted molar refractivity (Wildman–Crippen MR) is 69.1 cm³/mol. The average molecular weight is 274 g/mol. The van der Waals surface area contributed by atoms with Crippen LogP contribution in [0.2, 0.25) is 0 Å². The number of rotatable bonds is 2. The van der Waals surface area contributed by atoms with Crippen LogP contribution >= 0.6 is 0 Å². The van der Waals surface area contributed by atoms with Gasteiger partial charge in [0.25, 0.3) is 11.5 Å². The minimum Gasteiger partial charge on any atom is -0.337 e. The second-order valence-corrected chi connectivity index (χ2v) is 4.75. The maximum atomic E-state index is 12.5. The second kappa shape index (κ2) is 4.92. The van der Waals surface area contributed by atoms with Crippen molar-refractivity contribution in [3.05, 3.63) is 46.0 Å². The van der Waals surface area contributed by atoms with Gasteiger partial charge in [-0.15, -0.1) is 0 Å². The van der Waals surface area contributed by atoms with E-state index in [9.17, 15) is 9.59 Å². The predicted octanol–water partition coefficient (Wildman–Crippen LogP) is 1.04. The Morgan fingerprint density at radius 3 is 3.10 bits per heavy atom. The van der Waals surface area contributed by atoms with E-state index >= 15 is 0 Å². The van der Waals surface area contributed by atoms with Crippen molar-refractivity contribution >= 4 is 5.91 Å². The first-order valence-corrected chi connectivity index (χ1v) is 6.45. The lowest BCUT2D eigenvalue weighted by atomic mass is 10.2. The Morgan fingerprint density at radius 2 is 2.40 bits per heavy atom. The first-order chi connectivity index (χ1) is 9.66. The third-order valence-corrected chi connectivity index (χ3v) is 3.39. The fourth-order valence-electron chi connectivity index (χ4n) is 2.46. The smallest absolute Gasteiger partial charge is 0.260 e. The van der Waals surface area contributed by atoms with E-state index < -0.39 is 0 Å². The third kappa shape index (κ3) is 2.11. The van der Waals surface area contributed by atoms with Gasteiger partial charge in [0.15, 0.2) is 5.82 Å². The number of aryl methyl sites for hydroxylation is 1. The van der Waals surface area contributed by atoms with Crippen LogP contribution in [-0.4, -0.2) is 32.5 Å². The average Bonchev–Trinajstić information content (AvgIpc) is 3.06. The van der Waals surface area contributed by atoms with Crippen LogP contribution in [0.1, 0.15) is 41.0 Å². The van der Waals surface area contributed by atoms with Crippen molar-refractivity contribution < 1.29 is 9.32 Å². The molecule has 1 aliphatic heterocycles. The molecule has 1 unspecified atom stereocenters. The Bertz CT molecular complexity index is 691. The van der Waals surface area contributed by atoms with Gasteiger partial charge in [-0.05, 0) is 31.9 Å². The highest BCUT2D eigenvalue weighted by Gasteiger charge is 2.35. The van der Waals surface area contributed by atoms with E-state index in [1.54, 1.807) is 17.9 Å². The summed E-state index contributed by atoms with van der Waals surface area (Å²) in [7, 11) is 0. The van der Waals surface area contributed by atoms with Crippen LogP contribution < -0.4 is 5.56 Å². The zero-order valence-electron chi connectivity index (χ0n) is 11.0. The standard InChI is InChI=1S/C13H14N4O3/c1-8-15-12(20-16-8)10-5-3-7-17(10)13(19)9-4-2-6-14-11(9)18/h2,4,6,10H,3,5,7H2,1H3,(H,14,18). The van der Waals surface area contributed by atoms with E-state index in [0.717, 1.165) is 12.8 Å². The van der Waals surface area contributed by atoms with Gasteiger partial charge < -0.3 is 14.4 Å². The van der Waals surface area contributed by atoms with Crippen molar-refractivity contribution in [2.24, 2.45) is 0 Å². The van der Waals surface area contributed by atoms with Crippen molar-refractivity contribution in [1.29, 1.82) is 0 Å². The zero-order valence-corrected chi connectivity index (χ0v) is 11.0. The molecular weight excluding hydrogens is 260 g/mol. The van der Waals surface area contributed by atoms with Gasteiger partial charge in [-0.1, -0.05) is 5.16 Å². The molecule has 0 spiro atoms. The third-order valence-electron chi connectivity index (χ3n) is 3.39. The molecule has 0 radical (unpaired) electrons. The monoisotopic (exact) mass is 274 g/mol. The summed E-state index contributed by atoms with van der Waals surface area (Å²) >= 11 is 0. The lowest BCUT2D eigenvalue weighted by molar-refractivity contribution is 0.0708. The van der Waals surface area contributed by atoms with E-state index in [1.807, 2.05) is 0 Å². The molecular formula is C13H14N4O3. The summed E-state index contributed by atoms with van der Waals surface area (Å²) in [5.74, 6) is 0.669. The molecule has 1 fully saturated rings. The molecule has 0 aromatic carbocycles. The maximum Gasteiger partial charge on any atom is 0.260 e. The Hall–Kier alpha value is -2.44. The maximum absolute atomic E-state index is 12.5. The molecule has 1 saturated heterocycles. The Labute approximate surface area is 114 Å².